The standard InChI is InChI=1S/C16H31O3PS.BH3.Li/c1-14(12-13-21(17,18)19)20(15-8-4-2-5-9-15)16-10-6-3-7-11-16;;/h14-16H,2-13H2,1H3,(H,17,18,19);1H3;/q;;+1/p-1. The van der Waals surface area contributed by atoms with Crippen LogP contribution < -0.4 is 18.9 Å². The molecule has 2 rings (SSSR count). The zero-order chi connectivity index (χ0) is 15.3. The average molecular weight is 354 g/mol. The summed E-state index contributed by atoms with van der Waals surface area (Å²) in [4.78, 5) is 0. The van der Waals surface area contributed by atoms with Crippen molar-refractivity contribution in [1.29, 1.82) is 0 Å². The molecule has 0 spiro atoms. The Balaban J connectivity index is 0.00000242. The fourth-order valence-electron chi connectivity index (χ4n) is 4.24. The maximum absolute atomic E-state index is 11.0. The van der Waals surface area contributed by atoms with Gasteiger partial charge in [0.25, 0.3) is 0 Å². The zero-order valence-corrected chi connectivity index (χ0v) is 16.0. The molecule has 2 fully saturated rings. The van der Waals surface area contributed by atoms with Crippen LogP contribution in [0.15, 0.2) is 0 Å². The van der Waals surface area contributed by atoms with Gasteiger partial charge in [0.15, 0.2) is 0 Å². The van der Waals surface area contributed by atoms with Crippen LogP contribution in [-0.4, -0.2) is 44.1 Å². The number of rotatable bonds is 6. The molecule has 0 aliphatic heterocycles. The molecule has 0 aromatic rings. The Bertz CT molecular complexity index is 392. The molecule has 0 saturated heterocycles. The SMILES string of the molecule is B.CC(CCS(=O)(=O)[O-])P(C1CCCCC1)C1CCCCC1.[Li+]. The van der Waals surface area contributed by atoms with Crippen LogP contribution >= 0.6 is 7.92 Å². The van der Waals surface area contributed by atoms with Crippen molar-refractivity contribution in [3.05, 3.63) is 0 Å². The van der Waals surface area contributed by atoms with E-state index in [0.717, 1.165) is 11.3 Å². The van der Waals surface area contributed by atoms with Crippen LogP contribution in [0.4, 0.5) is 0 Å². The molecule has 2 aliphatic carbocycles. The summed E-state index contributed by atoms with van der Waals surface area (Å²) < 4.78 is 32.9. The monoisotopic (exact) mass is 354 g/mol. The fraction of sp³-hybridized carbons (Fsp3) is 1.00. The second-order valence-corrected chi connectivity index (χ2v) is 11.7. The molecule has 0 N–H and O–H groups in total. The largest absolute Gasteiger partial charge is 1.00 e. The third-order valence-corrected chi connectivity index (χ3v) is 10.0. The number of hydrogen-bond acceptors (Lipinski definition) is 3. The average Bonchev–Trinajstić information content (AvgIpc) is 2.47. The van der Waals surface area contributed by atoms with Crippen molar-refractivity contribution in [2.75, 3.05) is 5.75 Å². The Hall–Kier alpha value is 1.00. The molecular formula is C16H33BLiO3PS. The van der Waals surface area contributed by atoms with Gasteiger partial charge < -0.3 is 4.55 Å². The number of hydrogen-bond donors (Lipinski definition) is 0. The Morgan fingerprint density at radius 2 is 1.35 bits per heavy atom. The van der Waals surface area contributed by atoms with Crippen molar-refractivity contribution in [3.63, 3.8) is 0 Å². The molecule has 0 amide bonds. The first-order valence-electron chi connectivity index (χ1n) is 8.68. The van der Waals surface area contributed by atoms with Crippen LogP contribution in [0.2, 0.25) is 0 Å². The molecule has 1 atom stereocenters. The van der Waals surface area contributed by atoms with E-state index in [9.17, 15) is 13.0 Å². The fourth-order valence-corrected chi connectivity index (χ4v) is 9.44. The van der Waals surface area contributed by atoms with Crippen molar-refractivity contribution in [2.24, 2.45) is 0 Å². The summed E-state index contributed by atoms with van der Waals surface area (Å²) in [7, 11) is -4.17. The van der Waals surface area contributed by atoms with Crippen LogP contribution in [0, 0.1) is 0 Å². The van der Waals surface area contributed by atoms with Gasteiger partial charge in [-0.05, 0) is 49.1 Å². The molecule has 2 saturated carbocycles. The van der Waals surface area contributed by atoms with Gasteiger partial charge in [-0.3, -0.25) is 0 Å². The summed E-state index contributed by atoms with van der Waals surface area (Å²) in [6.07, 6.45) is 14.1. The summed E-state index contributed by atoms with van der Waals surface area (Å²) in [5, 5.41) is 0. The maximum atomic E-state index is 11.0. The predicted molar refractivity (Wildman–Crippen MR) is 99.2 cm³/mol. The van der Waals surface area contributed by atoms with E-state index in [1.807, 2.05) is 0 Å². The van der Waals surface area contributed by atoms with Gasteiger partial charge in [0.05, 0.1) is 18.5 Å². The van der Waals surface area contributed by atoms with Gasteiger partial charge in [-0.15, -0.1) is 0 Å². The van der Waals surface area contributed by atoms with Crippen LogP contribution in [0.5, 0.6) is 0 Å². The Morgan fingerprint density at radius 3 is 1.70 bits per heavy atom. The zero-order valence-electron chi connectivity index (χ0n) is 14.3. The maximum Gasteiger partial charge on any atom is 1.00 e. The summed E-state index contributed by atoms with van der Waals surface area (Å²) in [5.41, 5.74) is 2.11. The summed E-state index contributed by atoms with van der Waals surface area (Å²) in [5.74, 6) is -0.160. The van der Waals surface area contributed by atoms with E-state index < -0.39 is 10.1 Å². The topological polar surface area (TPSA) is 57.2 Å². The summed E-state index contributed by atoms with van der Waals surface area (Å²) in [6, 6.07) is 0. The first kappa shape index (κ1) is 24.0. The third kappa shape index (κ3) is 8.28. The first-order chi connectivity index (χ1) is 9.97. The molecule has 0 aromatic carbocycles. The van der Waals surface area contributed by atoms with E-state index in [1.54, 1.807) is 0 Å². The molecule has 0 heterocycles. The van der Waals surface area contributed by atoms with Gasteiger partial charge in [0, 0.05) is 5.75 Å². The minimum absolute atomic E-state index is 0. The van der Waals surface area contributed by atoms with Crippen molar-refractivity contribution in [1.82, 2.24) is 0 Å². The minimum atomic E-state index is -4.05. The van der Waals surface area contributed by atoms with Crippen molar-refractivity contribution < 1.29 is 31.8 Å². The van der Waals surface area contributed by atoms with E-state index in [1.165, 1.54) is 64.2 Å². The molecule has 23 heavy (non-hydrogen) atoms. The minimum Gasteiger partial charge on any atom is -0.748 e. The van der Waals surface area contributed by atoms with Gasteiger partial charge in [-0.25, -0.2) is 8.42 Å². The van der Waals surface area contributed by atoms with Gasteiger partial charge in [-0.1, -0.05) is 53.4 Å². The second kappa shape index (κ2) is 11.6. The second-order valence-electron chi connectivity index (χ2n) is 6.93. The molecule has 3 nitrogen and oxygen atoms in total. The molecule has 2 aliphatic rings. The van der Waals surface area contributed by atoms with Crippen molar-refractivity contribution in [2.45, 2.75) is 94.5 Å². The van der Waals surface area contributed by atoms with E-state index >= 15 is 0 Å². The molecule has 0 radical (unpaired) electrons. The van der Waals surface area contributed by atoms with Crippen molar-refractivity contribution >= 4 is 26.5 Å². The molecular weight excluding hydrogens is 321 g/mol. The molecule has 0 aromatic heterocycles. The Labute approximate surface area is 158 Å². The van der Waals surface area contributed by atoms with Gasteiger partial charge in [0.1, 0.15) is 0 Å². The van der Waals surface area contributed by atoms with Crippen LogP contribution in [0.1, 0.15) is 77.6 Å². The van der Waals surface area contributed by atoms with E-state index in [4.69, 9.17) is 0 Å². The third-order valence-electron chi connectivity index (χ3n) is 5.29. The smallest absolute Gasteiger partial charge is 0.748 e. The van der Waals surface area contributed by atoms with E-state index in [2.05, 4.69) is 6.92 Å². The summed E-state index contributed by atoms with van der Waals surface area (Å²) >= 11 is 0. The molecule has 1 unspecified atom stereocenters. The predicted octanol–water partition coefficient (Wildman–Crippen LogP) is 0.278. The van der Waals surface area contributed by atoms with Gasteiger partial charge >= 0.3 is 18.9 Å². The quantitative estimate of drug-likeness (QED) is 0.391. The van der Waals surface area contributed by atoms with Crippen LogP contribution in [-0.2, 0) is 10.1 Å². The van der Waals surface area contributed by atoms with Gasteiger partial charge in [0.2, 0.25) is 0 Å². The van der Waals surface area contributed by atoms with E-state index in [0.29, 0.717) is 12.1 Å². The summed E-state index contributed by atoms with van der Waals surface area (Å²) in [6.45, 7) is 2.22. The molecule has 130 valence electrons. The van der Waals surface area contributed by atoms with E-state index in [-0.39, 0.29) is 40.9 Å². The first-order valence-corrected chi connectivity index (χ1v) is 11.8. The Morgan fingerprint density at radius 1 is 0.957 bits per heavy atom. The normalized spacial score (nSPS) is 22.2. The van der Waals surface area contributed by atoms with Crippen LogP contribution in [0.3, 0.4) is 0 Å². The Kier molecular flexibility index (Phi) is 12.1. The van der Waals surface area contributed by atoms with Crippen molar-refractivity contribution in [3.8, 4) is 0 Å². The van der Waals surface area contributed by atoms with Gasteiger partial charge in [-0.2, -0.15) is 0 Å². The van der Waals surface area contributed by atoms with Crippen LogP contribution in [0.25, 0.3) is 0 Å². The molecule has 7 heteroatoms. The molecule has 0 bridgehead atoms.